The highest BCUT2D eigenvalue weighted by atomic mass is 19.3. The van der Waals surface area contributed by atoms with Gasteiger partial charge in [-0.25, -0.2) is 0 Å². The van der Waals surface area contributed by atoms with Gasteiger partial charge in [-0.15, -0.1) is 0 Å². The van der Waals surface area contributed by atoms with E-state index >= 15 is 0 Å². The molecular formula is C17H28F2O2. The van der Waals surface area contributed by atoms with Gasteiger partial charge in [0.1, 0.15) is 0 Å². The summed E-state index contributed by atoms with van der Waals surface area (Å²) in [4.78, 5) is 0. The van der Waals surface area contributed by atoms with Crippen molar-refractivity contribution in [3.8, 4) is 0 Å². The third kappa shape index (κ3) is 5.03. The lowest BCUT2D eigenvalue weighted by molar-refractivity contribution is -0.230. The summed E-state index contributed by atoms with van der Waals surface area (Å²) >= 11 is 0. The van der Waals surface area contributed by atoms with Gasteiger partial charge in [-0.1, -0.05) is 20.3 Å². The second-order valence-electron chi connectivity index (χ2n) is 6.69. The number of allylic oxidation sites excluding steroid dienone is 1. The third-order valence-electron chi connectivity index (χ3n) is 5.00. The summed E-state index contributed by atoms with van der Waals surface area (Å²) < 4.78 is 36.3. The molecule has 0 amide bonds. The van der Waals surface area contributed by atoms with Crippen molar-refractivity contribution >= 4 is 0 Å². The highest BCUT2D eigenvalue weighted by Gasteiger charge is 2.33. The van der Waals surface area contributed by atoms with E-state index in [1.54, 1.807) is 0 Å². The highest BCUT2D eigenvalue weighted by molar-refractivity contribution is 4.92. The van der Waals surface area contributed by atoms with Crippen LogP contribution in [0.1, 0.15) is 52.4 Å². The Balaban J connectivity index is 1.73. The van der Waals surface area contributed by atoms with Crippen LogP contribution >= 0.6 is 0 Å². The van der Waals surface area contributed by atoms with Gasteiger partial charge in [0.15, 0.2) is 6.29 Å². The van der Waals surface area contributed by atoms with Crippen molar-refractivity contribution in [2.45, 2.75) is 58.7 Å². The van der Waals surface area contributed by atoms with E-state index in [2.05, 4.69) is 13.8 Å². The maximum atomic E-state index is 12.3. The summed E-state index contributed by atoms with van der Waals surface area (Å²) in [7, 11) is 0. The van der Waals surface area contributed by atoms with Crippen molar-refractivity contribution in [3.63, 3.8) is 0 Å². The molecule has 0 aromatic carbocycles. The SMILES string of the molecule is CCCC(C)C1OCC(C2CCC(C=C(F)F)CC2)CO1. The number of hydrogen-bond acceptors (Lipinski definition) is 2. The van der Waals surface area contributed by atoms with Crippen molar-refractivity contribution < 1.29 is 18.3 Å². The monoisotopic (exact) mass is 302 g/mol. The maximum absolute atomic E-state index is 12.3. The van der Waals surface area contributed by atoms with E-state index < -0.39 is 6.08 Å². The first-order valence-corrected chi connectivity index (χ1v) is 8.36. The van der Waals surface area contributed by atoms with Crippen LogP contribution in [-0.2, 0) is 9.47 Å². The van der Waals surface area contributed by atoms with Gasteiger partial charge in [-0.3, -0.25) is 0 Å². The summed E-state index contributed by atoms with van der Waals surface area (Å²) in [6.45, 7) is 5.88. The Kier molecular flexibility index (Phi) is 6.62. The van der Waals surface area contributed by atoms with E-state index in [0.29, 0.717) is 17.8 Å². The fraction of sp³-hybridized carbons (Fsp3) is 0.882. The predicted octanol–water partition coefficient (Wildman–Crippen LogP) is 5.00. The van der Waals surface area contributed by atoms with Crippen LogP contribution in [0.5, 0.6) is 0 Å². The van der Waals surface area contributed by atoms with Crippen LogP contribution in [0.4, 0.5) is 8.78 Å². The Labute approximate surface area is 126 Å². The minimum Gasteiger partial charge on any atom is -0.352 e. The molecule has 2 rings (SSSR count). The van der Waals surface area contributed by atoms with Crippen LogP contribution in [-0.4, -0.2) is 19.5 Å². The zero-order chi connectivity index (χ0) is 15.2. The molecule has 1 saturated carbocycles. The summed E-state index contributed by atoms with van der Waals surface area (Å²) in [5, 5.41) is 0. The van der Waals surface area contributed by atoms with Gasteiger partial charge < -0.3 is 9.47 Å². The number of ether oxygens (including phenoxy) is 2. The number of halogens is 2. The fourth-order valence-electron chi connectivity index (χ4n) is 3.69. The van der Waals surface area contributed by atoms with Crippen molar-refractivity contribution in [2.75, 3.05) is 13.2 Å². The fourth-order valence-corrected chi connectivity index (χ4v) is 3.69. The van der Waals surface area contributed by atoms with E-state index in [9.17, 15) is 8.78 Å². The predicted molar refractivity (Wildman–Crippen MR) is 79.0 cm³/mol. The van der Waals surface area contributed by atoms with Crippen LogP contribution < -0.4 is 0 Å². The number of hydrogen-bond donors (Lipinski definition) is 0. The van der Waals surface area contributed by atoms with Gasteiger partial charge in [0, 0.05) is 11.8 Å². The molecule has 0 aromatic heterocycles. The topological polar surface area (TPSA) is 18.5 Å². The molecular weight excluding hydrogens is 274 g/mol. The van der Waals surface area contributed by atoms with E-state index in [1.165, 1.54) is 0 Å². The summed E-state index contributed by atoms with van der Waals surface area (Å²) in [6.07, 6.45) is 5.59. The van der Waals surface area contributed by atoms with E-state index in [1.807, 2.05) is 0 Å². The van der Waals surface area contributed by atoms with Gasteiger partial charge in [-0.2, -0.15) is 8.78 Å². The zero-order valence-corrected chi connectivity index (χ0v) is 13.2. The normalized spacial score (nSPS) is 35.2. The van der Waals surface area contributed by atoms with E-state index in [0.717, 1.165) is 57.8 Å². The Bertz CT molecular complexity index is 326. The molecule has 4 heteroatoms. The molecule has 0 aromatic rings. The van der Waals surface area contributed by atoms with Crippen LogP contribution in [0.15, 0.2) is 12.2 Å². The van der Waals surface area contributed by atoms with Gasteiger partial charge in [0.25, 0.3) is 6.08 Å². The standard InChI is InChI=1S/C17H28F2O2/c1-3-4-12(2)17-20-10-15(11-21-17)14-7-5-13(6-8-14)9-16(18)19/h9,12-15,17H,3-8,10-11H2,1-2H3. The summed E-state index contributed by atoms with van der Waals surface area (Å²) in [5.41, 5.74) is 0. The average molecular weight is 302 g/mol. The maximum Gasteiger partial charge on any atom is 0.266 e. The molecule has 2 nitrogen and oxygen atoms in total. The zero-order valence-electron chi connectivity index (χ0n) is 13.2. The first-order chi connectivity index (χ1) is 10.1. The minimum absolute atomic E-state index is 0.0545. The Hall–Kier alpha value is -0.480. The first-order valence-electron chi connectivity index (χ1n) is 8.36. The molecule has 2 fully saturated rings. The molecule has 1 atom stereocenters. The van der Waals surface area contributed by atoms with Crippen LogP contribution in [0, 0.1) is 23.7 Å². The molecule has 1 heterocycles. The molecule has 2 aliphatic rings. The van der Waals surface area contributed by atoms with Crippen LogP contribution in [0.3, 0.4) is 0 Å². The van der Waals surface area contributed by atoms with E-state index in [-0.39, 0.29) is 12.2 Å². The number of rotatable bonds is 5. The highest BCUT2D eigenvalue weighted by Crippen LogP contribution is 2.37. The average Bonchev–Trinajstić information content (AvgIpc) is 2.48. The molecule has 0 spiro atoms. The van der Waals surface area contributed by atoms with Crippen molar-refractivity contribution in [1.29, 1.82) is 0 Å². The molecule has 0 N–H and O–H groups in total. The lowest BCUT2D eigenvalue weighted by Crippen LogP contribution is -2.39. The second-order valence-corrected chi connectivity index (χ2v) is 6.69. The largest absolute Gasteiger partial charge is 0.352 e. The summed E-state index contributed by atoms with van der Waals surface area (Å²) in [5.74, 6) is 1.52. The molecule has 1 saturated heterocycles. The first kappa shape index (κ1) is 16.9. The molecule has 21 heavy (non-hydrogen) atoms. The van der Waals surface area contributed by atoms with Crippen LogP contribution in [0.2, 0.25) is 0 Å². The Morgan fingerprint density at radius 3 is 2.24 bits per heavy atom. The summed E-state index contributed by atoms with van der Waals surface area (Å²) in [6, 6.07) is 0. The quantitative estimate of drug-likeness (QED) is 0.711. The Morgan fingerprint density at radius 2 is 1.71 bits per heavy atom. The van der Waals surface area contributed by atoms with Gasteiger partial charge in [-0.05, 0) is 50.0 Å². The molecule has 1 aliphatic heterocycles. The van der Waals surface area contributed by atoms with Gasteiger partial charge in [0.05, 0.1) is 13.2 Å². The van der Waals surface area contributed by atoms with Crippen molar-refractivity contribution in [3.05, 3.63) is 12.2 Å². The third-order valence-corrected chi connectivity index (χ3v) is 5.00. The second kappa shape index (κ2) is 8.23. The molecule has 1 aliphatic carbocycles. The Morgan fingerprint density at radius 1 is 1.10 bits per heavy atom. The lowest BCUT2D eigenvalue weighted by atomic mass is 9.76. The van der Waals surface area contributed by atoms with Crippen molar-refractivity contribution in [1.82, 2.24) is 0 Å². The van der Waals surface area contributed by atoms with Gasteiger partial charge >= 0.3 is 0 Å². The van der Waals surface area contributed by atoms with Crippen molar-refractivity contribution in [2.24, 2.45) is 23.7 Å². The van der Waals surface area contributed by atoms with Crippen LogP contribution in [0.25, 0.3) is 0 Å². The van der Waals surface area contributed by atoms with Gasteiger partial charge in [0.2, 0.25) is 0 Å². The molecule has 0 bridgehead atoms. The molecule has 0 radical (unpaired) electrons. The lowest BCUT2D eigenvalue weighted by Gasteiger charge is -2.38. The molecule has 122 valence electrons. The minimum atomic E-state index is -1.53. The smallest absolute Gasteiger partial charge is 0.266 e. The van der Waals surface area contributed by atoms with E-state index in [4.69, 9.17) is 9.47 Å². The molecule has 1 unspecified atom stereocenters.